The molecule has 0 unspecified atom stereocenters. The summed E-state index contributed by atoms with van der Waals surface area (Å²) in [5.41, 5.74) is 0.603. The minimum absolute atomic E-state index is 0.0428. The van der Waals surface area contributed by atoms with Gasteiger partial charge in [0.2, 0.25) is 0 Å². The lowest BCUT2D eigenvalue weighted by Gasteiger charge is -2.40. The molecule has 110 valence electrons. The summed E-state index contributed by atoms with van der Waals surface area (Å²) in [6.45, 7) is 8.28. The fourth-order valence-electron chi connectivity index (χ4n) is 2.32. The number of hydrogen-bond acceptors (Lipinski definition) is 3. The fraction of sp³-hybridized carbons (Fsp3) is 0.533. The van der Waals surface area contributed by atoms with Gasteiger partial charge in [0.05, 0.1) is 18.8 Å². The van der Waals surface area contributed by atoms with Crippen molar-refractivity contribution in [2.45, 2.75) is 19.4 Å². The number of ether oxygens (including phenoxy) is 1. The fourth-order valence-corrected chi connectivity index (χ4v) is 2.78. The van der Waals surface area contributed by atoms with E-state index in [0.717, 1.165) is 30.8 Å². The Morgan fingerprint density at radius 2 is 2.00 bits per heavy atom. The maximum Gasteiger partial charge on any atom is 0.252 e. The van der Waals surface area contributed by atoms with Crippen LogP contribution in [0.5, 0.6) is 0 Å². The lowest BCUT2D eigenvalue weighted by Crippen LogP contribution is -2.55. The zero-order chi connectivity index (χ0) is 14.6. The Bertz CT molecular complexity index is 471. The van der Waals surface area contributed by atoms with E-state index in [-0.39, 0.29) is 11.4 Å². The van der Waals surface area contributed by atoms with Gasteiger partial charge in [-0.3, -0.25) is 9.69 Å². The highest BCUT2D eigenvalue weighted by Gasteiger charge is 2.28. The van der Waals surface area contributed by atoms with Crippen LogP contribution in [0, 0.1) is 0 Å². The van der Waals surface area contributed by atoms with Gasteiger partial charge in [-0.2, -0.15) is 0 Å². The molecule has 0 radical (unpaired) electrons. The molecule has 0 spiro atoms. The normalized spacial score (nSPS) is 16.9. The van der Waals surface area contributed by atoms with Crippen molar-refractivity contribution in [1.29, 1.82) is 0 Å². The second kappa shape index (κ2) is 6.70. The molecule has 0 aromatic heterocycles. The summed E-state index contributed by atoms with van der Waals surface area (Å²) in [4.78, 5) is 14.6. The van der Waals surface area contributed by atoms with Crippen LogP contribution in [0.4, 0.5) is 0 Å². The van der Waals surface area contributed by atoms with E-state index >= 15 is 0 Å². The Morgan fingerprint density at radius 1 is 1.35 bits per heavy atom. The van der Waals surface area contributed by atoms with Crippen molar-refractivity contribution in [2.24, 2.45) is 0 Å². The Kier molecular flexibility index (Phi) is 5.18. The van der Waals surface area contributed by atoms with Crippen LogP contribution in [0.2, 0.25) is 0 Å². The summed E-state index contributed by atoms with van der Waals surface area (Å²) < 4.78 is 6.19. The van der Waals surface area contributed by atoms with Crippen LogP contribution in [0.15, 0.2) is 28.7 Å². The van der Waals surface area contributed by atoms with Gasteiger partial charge in [-0.05, 0) is 41.9 Å². The van der Waals surface area contributed by atoms with E-state index < -0.39 is 0 Å². The van der Waals surface area contributed by atoms with Crippen LogP contribution in [-0.4, -0.2) is 49.2 Å². The number of rotatable bonds is 4. The average Bonchev–Trinajstić information content (AvgIpc) is 2.46. The monoisotopic (exact) mass is 340 g/mol. The molecule has 1 aromatic carbocycles. The molecule has 5 heteroatoms. The molecule has 0 atom stereocenters. The molecule has 1 N–H and O–H groups in total. The molecule has 0 saturated carbocycles. The molecule has 1 aliphatic heterocycles. The lowest BCUT2D eigenvalue weighted by atomic mass is 10.0. The van der Waals surface area contributed by atoms with E-state index in [1.165, 1.54) is 0 Å². The highest BCUT2D eigenvalue weighted by atomic mass is 79.9. The SMILES string of the molecule is CC(C)(CNC(=O)c1ccccc1Br)N1CCOCC1. The maximum atomic E-state index is 12.2. The Balaban J connectivity index is 1.94. The molecule has 0 bridgehead atoms. The smallest absolute Gasteiger partial charge is 0.252 e. The highest BCUT2D eigenvalue weighted by Crippen LogP contribution is 2.18. The van der Waals surface area contributed by atoms with Gasteiger partial charge in [0.25, 0.3) is 5.91 Å². The van der Waals surface area contributed by atoms with Crippen molar-refractivity contribution in [3.63, 3.8) is 0 Å². The molecule has 1 saturated heterocycles. The Hall–Kier alpha value is -0.910. The Labute approximate surface area is 128 Å². The van der Waals surface area contributed by atoms with Gasteiger partial charge < -0.3 is 10.1 Å². The second-order valence-corrected chi connectivity index (χ2v) is 6.43. The summed E-state index contributed by atoms with van der Waals surface area (Å²) in [6.07, 6.45) is 0. The van der Waals surface area contributed by atoms with Crippen molar-refractivity contribution in [3.8, 4) is 0 Å². The minimum Gasteiger partial charge on any atom is -0.379 e. The molecule has 4 nitrogen and oxygen atoms in total. The third-order valence-electron chi connectivity index (χ3n) is 3.67. The van der Waals surface area contributed by atoms with Crippen LogP contribution < -0.4 is 5.32 Å². The number of benzene rings is 1. The highest BCUT2D eigenvalue weighted by molar-refractivity contribution is 9.10. The molecule has 2 rings (SSSR count). The predicted molar refractivity (Wildman–Crippen MR) is 82.9 cm³/mol. The third-order valence-corrected chi connectivity index (χ3v) is 4.36. The summed E-state index contributed by atoms with van der Waals surface area (Å²) >= 11 is 3.41. The standard InChI is InChI=1S/C15H21BrN2O2/c1-15(2,18-7-9-20-10-8-18)11-17-14(19)12-5-3-4-6-13(12)16/h3-6H,7-11H2,1-2H3,(H,17,19). The van der Waals surface area contributed by atoms with E-state index in [1.54, 1.807) is 0 Å². The first kappa shape index (κ1) is 15.5. The van der Waals surface area contributed by atoms with Crippen molar-refractivity contribution in [3.05, 3.63) is 34.3 Å². The number of nitrogens with one attached hydrogen (secondary N) is 1. The molecule has 1 fully saturated rings. The van der Waals surface area contributed by atoms with E-state index in [4.69, 9.17) is 4.74 Å². The molecule has 1 amide bonds. The van der Waals surface area contributed by atoms with E-state index in [9.17, 15) is 4.79 Å². The van der Waals surface area contributed by atoms with Crippen LogP contribution in [0.3, 0.4) is 0 Å². The molecule has 1 heterocycles. The molecular weight excluding hydrogens is 320 g/mol. The third kappa shape index (κ3) is 3.81. The quantitative estimate of drug-likeness (QED) is 0.914. The zero-order valence-electron chi connectivity index (χ0n) is 12.0. The molecule has 1 aromatic rings. The number of morpholine rings is 1. The predicted octanol–water partition coefficient (Wildman–Crippen LogP) is 2.29. The van der Waals surface area contributed by atoms with E-state index in [2.05, 4.69) is 40.0 Å². The topological polar surface area (TPSA) is 41.6 Å². The number of halogens is 1. The van der Waals surface area contributed by atoms with Gasteiger partial charge in [-0.1, -0.05) is 12.1 Å². The zero-order valence-corrected chi connectivity index (χ0v) is 13.6. The summed E-state index contributed by atoms with van der Waals surface area (Å²) in [6, 6.07) is 7.47. The molecule has 0 aliphatic carbocycles. The number of nitrogens with zero attached hydrogens (tertiary/aromatic N) is 1. The van der Waals surface area contributed by atoms with Gasteiger partial charge in [0.15, 0.2) is 0 Å². The second-order valence-electron chi connectivity index (χ2n) is 5.57. The molecule has 20 heavy (non-hydrogen) atoms. The van der Waals surface area contributed by atoms with Crippen molar-refractivity contribution >= 4 is 21.8 Å². The van der Waals surface area contributed by atoms with Crippen LogP contribution >= 0.6 is 15.9 Å². The van der Waals surface area contributed by atoms with Crippen LogP contribution in [0.1, 0.15) is 24.2 Å². The van der Waals surface area contributed by atoms with Gasteiger partial charge in [-0.15, -0.1) is 0 Å². The lowest BCUT2D eigenvalue weighted by molar-refractivity contribution is -0.00923. The largest absolute Gasteiger partial charge is 0.379 e. The Morgan fingerprint density at radius 3 is 2.65 bits per heavy atom. The first-order valence-electron chi connectivity index (χ1n) is 6.86. The minimum atomic E-state index is -0.0688. The van der Waals surface area contributed by atoms with Crippen LogP contribution in [0.25, 0.3) is 0 Å². The number of amides is 1. The van der Waals surface area contributed by atoms with Gasteiger partial charge in [-0.25, -0.2) is 0 Å². The van der Waals surface area contributed by atoms with Crippen molar-refractivity contribution < 1.29 is 9.53 Å². The van der Waals surface area contributed by atoms with E-state index in [0.29, 0.717) is 12.1 Å². The summed E-state index contributed by atoms with van der Waals surface area (Å²) in [5, 5.41) is 3.03. The van der Waals surface area contributed by atoms with Crippen LogP contribution in [-0.2, 0) is 4.74 Å². The number of carbonyl (C=O) groups is 1. The molecular formula is C15H21BrN2O2. The van der Waals surface area contributed by atoms with Crippen molar-refractivity contribution in [2.75, 3.05) is 32.8 Å². The first-order chi connectivity index (χ1) is 9.50. The van der Waals surface area contributed by atoms with E-state index in [1.807, 2.05) is 24.3 Å². The van der Waals surface area contributed by atoms with Gasteiger partial charge in [0.1, 0.15) is 0 Å². The maximum absolute atomic E-state index is 12.2. The average molecular weight is 341 g/mol. The summed E-state index contributed by atoms with van der Waals surface area (Å²) in [5.74, 6) is -0.0428. The van der Waals surface area contributed by atoms with Gasteiger partial charge in [0, 0.05) is 29.6 Å². The summed E-state index contributed by atoms with van der Waals surface area (Å²) in [7, 11) is 0. The van der Waals surface area contributed by atoms with Crippen molar-refractivity contribution in [1.82, 2.24) is 10.2 Å². The number of hydrogen-bond donors (Lipinski definition) is 1. The van der Waals surface area contributed by atoms with Gasteiger partial charge >= 0.3 is 0 Å². The molecule has 1 aliphatic rings. The first-order valence-corrected chi connectivity index (χ1v) is 7.65. The number of carbonyl (C=O) groups excluding carboxylic acids is 1.